The summed E-state index contributed by atoms with van der Waals surface area (Å²) in [5.41, 5.74) is 0. The Morgan fingerprint density at radius 2 is 1.67 bits per heavy atom. The zero-order valence-electron chi connectivity index (χ0n) is 12.7. The molecule has 0 spiro atoms. The number of aliphatic hydroxyl groups is 1. The molecule has 0 aromatic rings. The molecule has 10 nitrogen and oxygen atoms in total. The highest BCUT2D eigenvalue weighted by Crippen LogP contribution is 2.36. The predicted molar refractivity (Wildman–Crippen MR) is 77.7 cm³/mol. The Morgan fingerprint density at radius 3 is 2.46 bits per heavy atom. The molecule has 0 saturated carbocycles. The fourth-order valence-corrected chi connectivity index (χ4v) is 4.51. The summed E-state index contributed by atoms with van der Waals surface area (Å²) >= 11 is 1.29. The second-order valence-corrected chi connectivity index (χ2v) is 7.07. The lowest BCUT2D eigenvalue weighted by atomic mass is 10.0. The first-order valence-corrected chi connectivity index (χ1v) is 8.78. The maximum atomic E-state index is 10.5. The van der Waals surface area contributed by atoms with Gasteiger partial charge >= 0.3 is 0 Å². The molecule has 6 unspecified atom stereocenters. The molecule has 0 amide bonds. The van der Waals surface area contributed by atoms with Crippen molar-refractivity contribution in [2.24, 2.45) is 5.92 Å². The predicted octanol–water partition coefficient (Wildman–Crippen LogP) is -0.831. The first-order chi connectivity index (χ1) is 11.6. The van der Waals surface area contributed by atoms with Crippen LogP contribution in [0.3, 0.4) is 0 Å². The summed E-state index contributed by atoms with van der Waals surface area (Å²) in [5.74, 6) is 0.821. The van der Waals surface area contributed by atoms with Gasteiger partial charge in [0.1, 0.15) is 30.5 Å². The van der Waals surface area contributed by atoms with E-state index >= 15 is 0 Å². The lowest BCUT2D eigenvalue weighted by Crippen LogP contribution is -2.34. The van der Waals surface area contributed by atoms with E-state index in [4.69, 9.17) is 23.1 Å². The molecule has 0 aliphatic carbocycles. The van der Waals surface area contributed by atoms with Crippen molar-refractivity contribution in [2.45, 2.75) is 42.7 Å². The molecule has 4 heterocycles. The van der Waals surface area contributed by atoms with Crippen molar-refractivity contribution in [2.75, 3.05) is 32.2 Å². The summed E-state index contributed by atoms with van der Waals surface area (Å²) in [5, 5.41) is 19.4. The van der Waals surface area contributed by atoms with Gasteiger partial charge in [-0.1, -0.05) is 0 Å². The SMILES string of the molecule is O=[N+]([O-])O[C@@H]1COC2C(OSCC3COC4C3OC[C@H]4O)COC21. The van der Waals surface area contributed by atoms with E-state index in [2.05, 4.69) is 4.84 Å². The average molecular weight is 365 g/mol. The van der Waals surface area contributed by atoms with Crippen molar-refractivity contribution in [1.82, 2.24) is 0 Å². The van der Waals surface area contributed by atoms with Crippen LogP contribution in [0, 0.1) is 16.0 Å². The van der Waals surface area contributed by atoms with E-state index in [1.165, 1.54) is 12.0 Å². The van der Waals surface area contributed by atoms with Gasteiger partial charge in [0.2, 0.25) is 0 Å². The summed E-state index contributed by atoms with van der Waals surface area (Å²) < 4.78 is 28.0. The Labute approximate surface area is 142 Å². The van der Waals surface area contributed by atoms with Gasteiger partial charge in [-0.25, -0.2) is 0 Å². The molecule has 1 N–H and O–H groups in total. The molecule has 4 fully saturated rings. The quantitative estimate of drug-likeness (QED) is 0.363. The Morgan fingerprint density at radius 1 is 1.00 bits per heavy atom. The number of fused-ring (bicyclic) bond motifs is 2. The molecular formula is C13H19NO9S. The maximum absolute atomic E-state index is 10.5. The van der Waals surface area contributed by atoms with Crippen LogP contribution in [0.5, 0.6) is 0 Å². The topological polar surface area (TPSA) is 119 Å². The number of hydrogen-bond donors (Lipinski definition) is 1. The van der Waals surface area contributed by atoms with Gasteiger partial charge in [-0.05, 0) is 12.0 Å². The first kappa shape index (κ1) is 16.8. The summed E-state index contributed by atoms with van der Waals surface area (Å²) in [6, 6.07) is 0. The molecule has 8 atom stereocenters. The van der Waals surface area contributed by atoms with Crippen LogP contribution in [0.15, 0.2) is 0 Å². The van der Waals surface area contributed by atoms with Crippen molar-refractivity contribution in [3.63, 3.8) is 0 Å². The monoisotopic (exact) mass is 365 g/mol. The van der Waals surface area contributed by atoms with Crippen LogP contribution < -0.4 is 0 Å². The molecule has 4 rings (SSSR count). The fourth-order valence-electron chi connectivity index (χ4n) is 3.63. The van der Waals surface area contributed by atoms with Crippen molar-refractivity contribution in [1.29, 1.82) is 0 Å². The van der Waals surface area contributed by atoms with Crippen LogP contribution in [-0.4, -0.2) is 85.1 Å². The van der Waals surface area contributed by atoms with Crippen molar-refractivity contribution in [3.05, 3.63) is 10.1 Å². The number of ether oxygens (including phenoxy) is 4. The number of rotatable bonds is 6. The van der Waals surface area contributed by atoms with Gasteiger partial charge in [0.25, 0.3) is 5.09 Å². The summed E-state index contributed by atoms with van der Waals surface area (Å²) in [4.78, 5) is 15.0. The lowest BCUT2D eigenvalue weighted by molar-refractivity contribution is -0.769. The van der Waals surface area contributed by atoms with Gasteiger partial charge in [0, 0.05) is 11.7 Å². The van der Waals surface area contributed by atoms with Crippen LogP contribution in [0.25, 0.3) is 0 Å². The molecule has 0 radical (unpaired) electrons. The van der Waals surface area contributed by atoms with Crippen LogP contribution >= 0.6 is 12.0 Å². The van der Waals surface area contributed by atoms with Crippen LogP contribution in [0.4, 0.5) is 0 Å². The van der Waals surface area contributed by atoms with Crippen molar-refractivity contribution >= 4 is 12.0 Å². The molecule has 4 saturated heterocycles. The zero-order chi connectivity index (χ0) is 16.7. The van der Waals surface area contributed by atoms with Gasteiger partial charge in [-0.2, -0.15) is 0 Å². The zero-order valence-corrected chi connectivity index (χ0v) is 13.5. The molecule has 24 heavy (non-hydrogen) atoms. The smallest absolute Gasteiger partial charge is 0.294 e. The van der Waals surface area contributed by atoms with Crippen molar-refractivity contribution in [3.8, 4) is 0 Å². The lowest BCUT2D eigenvalue weighted by Gasteiger charge is -2.18. The van der Waals surface area contributed by atoms with E-state index in [0.29, 0.717) is 25.6 Å². The molecule has 4 aliphatic heterocycles. The minimum Gasteiger partial charge on any atom is -0.388 e. The van der Waals surface area contributed by atoms with E-state index < -0.39 is 23.4 Å². The van der Waals surface area contributed by atoms with E-state index in [1.807, 2.05) is 0 Å². The number of aliphatic hydroxyl groups excluding tert-OH is 1. The Hall–Kier alpha value is -0.690. The van der Waals surface area contributed by atoms with Gasteiger partial charge in [-0.15, -0.1) is 10.1 Å². The highest BCUT2D eigenvalue weighted by atomic mass is 32.2. The van der Waals surface area contributed by atoms with Gasteiger partial charge < -0.3 is 33.1 Å². The normalized spacial score (nSPS) is 46.9. The maximum Gasteiger partial charge on any atom is 0.294 e. The highest BCUT2D eigenvalue weighted by Gasteiger charge is 2.51. The third-order valence-corrected chi connectivity index (χ3v) is 5.74. The molecule has 11 heteroatoms. The Balaban J connectivity index is 1.23. The van der Waals surface area contributed by atoms with Gasteiger partial charge in [-0.3, -0.25) is 0 Å². The Bertz CT molecular complexity index is 482. The highest BCUT2D eigenvalue weighted by molar-refractivity contribution is 7.94. The molecular weight excluding hydrogens is 346 g/mol. The molecule has 0 aromatic heterocycles. The molecule has 0 aromatic carbocycles. The third kappa shape index (κ3) is 3.09. The first-order valence-electron chi connectivity index (χ1n) is 7.87. The molecule has 0 bridgehead atoms. The number of hydrogen-bond acceptors (Lipinski definition) is 10. The largest absolute Gasteiger partial charge is 0.388 e. The van der Waals surface area contributed by atoms with E-state index in [9.17, 15) is 15.2 Å². The van der Waals surface area contributed by atoms with E-state index in [-0.39, 0.29) is 36.9 Å². The number of nitrogens with zero attached hydrogens (tertiary/aromatic N) is 1. The van der Waals surface area contributed by atoms with Crippen LogP contribution in [-0.2, 0) is 28.0 Å². The summed E-state index contributed by atoms with van der Waals surface area (Å²) in [6.45, 7) is 1.27. The average Bonchev–Trinajstić information content (AvgIpc) is 3.26. The Kier molecular flexibility index (Phi) is 4.82. The fraction of sp³-hybridized carbons (Fsp3) is 1.00. The van der Waals surface area contributed by atoms with Crippen LogP contribution in [0.1, 0.15) is 0 Å². The molecule has 136 valence electrons. The summed E-state index contributed by atoms with van der Waals surface area (Å²) in [7, 11) is 0. The summed E-state index contributed by atoms with van der Waals surface area (Å²) in [6.07, 6.45) is -2.74. The van der Waals surface area contributed by atoms with E-state index in [1.54, 1.807) is 0 Å². The molecule has 4 aliphatic rings. The minimum atomic E-state index is -0.824. The van der Waals surface area contributed by atoms with Crippen LogP contribution in [0.2, 0.25) is 0 Å². The third-order valence-electron chi connectivity index (χ3n) is 4.79. The van der Waals surface area contributed by atoms with Gasteiger partial charge in [0.15, 0.2) is 6.10 Å². The van der Waals surface area contributed by atoms with Crippen molar-refractivity contribution < 1.29 is 38.2 Å². The van der Waals surface area contributed by atoms with Gasteiger partial charge in [0.05, 0.1) is 32.5 Å². The minimum absolute atomic E-state index is 0.0933. The second kappa shape index (κ2) is 6.90. The second-order valence-electron chi connectivity index (χ2n) is 6.31. The standard InChI is InChI=1S/C13H19NO9S/c15-7-2-19-10-6(1-18-11(7)10)5-24-23-9-4-21-12-8(22-14(16)17)3-20-13(9)12/h6-13,15H,1-5H2/t6?,7-,8-,9?,10?,11?,12?,13?/m1/s1. The van der Waals surface area contributed by atoms with E-state index in [0.717, 1.165) is 0 Å².